The van der Waals surface area contributed by atoms with Crippen LogP contribution < -0.4 is 0 Å². The lowest BCUT2D eigenvalue weighted by molar-refractivity contribution is 0.210. The molecule has 1 aromatic heterocycles. The van der Waals surface area contributed by atoms with E-state index in [9.17, 15) is 4.39 Å². The summed E-state index contributed by atoms with van der Waals surface area (Å²) >= 11 is 0. The first-order valence-electron chi connectivity index (χ1n) is 9.11. The largest absolute Gasteiger partial charge is 0.356 e. The second-order valence-corrected chi connectivity index (χ2v) is 6.90. The number of piperidine rings is 1. The molecule has 0 saturated carbocycles. The van der Waals surface area contributed by atoms with E-state index in [4.69, 9.17) is 4.52 Å². The normalized spacial score (nSPS) is 15.9. The molecule has 0 amide bonds. The maximum absolute atomic E-state index is 13.2. The molecule has 2 heterocycles. The van der Waals surface area contributed by atoms with Crippen LogP contribution in [-0.4, -0.2) is 29.7 Å². The maximum atomic E-state index is 13.2. The summed E-state index contributed by atoms with van der Waals surface area (Å²) in [5.74, 6) is 0.420. The average molecular weight is 375 g/mol. The van der Waals surface area contributed by atoms with E-state index in [2.05, 4.69) is 40.4 Å². The Balaban J connectivity index is 0.00000196. The third-order valence-corrected chi connectivity index (χ3v) is 5.26. The highest BCUT2D eigenvalue weighted by Crippen LogP contribution is 2.28. The molecule has 26 heavy (non-hydrogen) atoms. The van der Waals surface area contributed by atoms with Crippen molar-refractivity contribution in [3.8, 4) is 0 Å². The first-order chi connectivity index (χ1) is 12.3. The van der Waals surface area contributed by atoms with Gasteiger partial charge < -0.3 is 9.42 Å². The molecule has 5 heteroatoms. The summed E-state index contributed by atoms with van der Waals surface area (Å²) in [5, 5.41) is 5.05. The number of rotatable bonds is 5. The molecular formula is C21H24ClFN2O. The molecule has 1 aliphatic rings. The van der Waals surface area contributed by atoms with Crippen molar-refractivity contribution in [2.24, 2.45) is 0 Å². The number of fused-ring (bicyclic) bond motifs is 1. The lowest BCUT2D eigenvalue weighted by atomic mass is 9.89. The molecule has 0 atom stereocenters. The third kappa shape index (κ3) is 4.25. The van der Waals surface area contributed by atoms with Gasteiger partial charge in [0.2, 0.25) is 0 Å². The first-order valence-corrected chi connectivity index (χ1v) is 9.11. The molecule has 3 nitrogen and oxygen atoms in total. The predicted octanol–water partition coefficient (Wildman–Crippen LogP) is 5.20. The number of benzene rings is 2. The highest BCUT2D eigenvalue weighted by molar-refractivity contribution is 5.85. The number of aromatic nitrogens is 1. The van der Waals surface area contributed by atoms with Gasteiger partial charge in [-0.3, -0.25) is 0 Å². The predicted molar refractivity (Wildman–Crippen MR) is 104 cm³/mol. The summed E-state index contributed by atoms with van der Waals surface area (Å²) < 4.78 is 18.4. The average Bonchev–Trinajstić information content (AvgIpc) is 3.05. The van der Waals surface area contributed by atoms with Crippen molar-refractivity contribution in [1.82, 2.24) is 10.1 Å². The van der Waals surface area contributed by atoms with Crippen molar-refractivity contribution < 1.29 is 8.91 Å². The Labute approximate surface area is 159 Å². The molecule has 0 radical (unpaired) electrons. The molecule has 3 aromatic rings. The van der Waals surface area contributed by atoms with Crippen LogP contribution in [0.4, 0.5) is 4.39 Å². The van der Waals surface area contributed by atoms with Gasteiger partial charge >= 0.3 is 0 Å². The highest BCUT2D eigenvalue weighted by Gasteiger charge is 2.20. The molecule has 1 fully saturated rings. The molecule has 0 N–H and O–H groups in total. The second-order valence-electron chi connectivity index (χ2n) is 6.90. The van der Waals surface area contributed by atoms with Crippen LogP contribution in [-0.2, 0) is 6.42 Å². The molecule has 1 saturated heterocycles. The Morgan fingerprint density at radius 2 is 1.85 bits per heavy atom. The monoisotopic (exact) mass is 374 g/mol. The third-order valence-electron chi connectivity index (χ3n) is 5.26. The SMILES string of the molecule is Cl.Fc1ccc2c(CCCN3CCC(c4ccccc4)CC3)noc2c1. The lowest BCUT2D eigenvalue weighted by Gasteiger charge is -2.32. The summed E-state index contributed by atoms with van der Waals surface area (Å²) in [6, 6.07) is 15.5. The van der Waals surface area contributed by atoms with Crippen LogP contribution in [0.5, 0.6) is 0 Å². The van der Waals surface area contributed by atoms with E-state index in [-0.39, 0.29) is 18.2 Å². The zero-order chi connectivity index (χ0) is 17.1. The van der Waals surface area contributed by atoms with Gasteiger partial charge in [0.1, 0.15) is 5.82 Å². The van der Waals surface area contributed by atoms with Gasteiger partial charge in [-0.2, -0.15) is 0 Å². The van der Waals surface area contributed by atoms with Crippen LogP contribution in [0, 0.1) is 5.82 Å². The number of hydrogen-bond acceptors (Lipinski definition) is 3. The zero-order valence-corrected chi connectivity index (χ0v) is 15.6. The molecule has 0 unspecified atom stereocenters. The molecule has 0 spiro atoms. The summed E-state index contributed by atoms with van der Waals surface area (Å²) in [6.45, 7) is 3.39. The van der Waals surface area contributed by atoms with Gasteiger partial charge in [0.15, 0.2) is 5.58 Å². The van der Waals surface area contributed by atoms with Crippen LogP contribution in [0.2, 0.25) is 0 Å². The van der Waals surface area contributed by atoms with E-state index in [1.54, 1.807) is 6.07 Å². The first kappa shape index (κ1) is 18.9. The van der Waals surface area contributed by atoms with E-state index < -0.39 is 0 Å². The Morgan fingerprint density at radius 3 is 2.62 bits per heavy atom. The number of nitrogens with zero attached hydrogens (tertiary/aromatic N) is 2. The Bertz CT molecular complexity index is 828. The lowest BCUT2D eigenvalue weighted by Crippen LogP contribution is -2.33. The summed E-state index contributed by atoms with van der Waals surface area (Å²) in [7, 11) is 0. The number of halogens is 2. The molecule has 2 aromatic carbocycles. The zero-order valence-electron chi connectivity index (χ0n) is 14.7. The van der Waals surface area contributed by atoms with Crippen molar-refractivity contribution >= 4 is 23.4 Å². The number of likely N-dealkylation sites (tertiary alicyclic amines) is 1. The number of hydrogen-bond donors (Lipinski definition) is 0. The molecule has 0 aliphatic carbocycles. The van der Waals surface area contributed by atoms with Gasteiger partial charge in [-0.15, -0.1) is 12.4 Å². The van der Waals surface area contributed by atoms with Crippen LogP contribution >= 0.6 is 12.4 Å². The fraction of sp³-hybridized carbons (Fsp3) is 0.381. The van der Waals surface area contributed by atoms with E-state index in [1.165, 1.54) is 30.5 Å². The summed E-state index contributed by atoms with van der Waals surface area (Å²) in [6.07, 6.45) is 4.39. The van der Waals surface area contributed by atoms with Crippen molar-refractivity contribution in [2.75, 3.05) is 19.6 Å². The van der Waals surface area contributed by atoms with Crippen LogP contribution in [0.15, 0.2) is 53.1 Å². The van der Waals surface area contributed by atoms with E-state index in [0.717, 1.165) is 43.6 Å². The van der Waals surface area contributed by atoms with Crippen molar-refractivity contribution in [3.05, 3.63) is 65.6 Å². The highest BCUT2D eigenvalue weighted by atomic mass is 35.5. The van der Waals surface area contributed by atoms with Crippen LogP contribution in [0.25, 0.3) is 11.0 Å². The van der Waals surface area contributed by atoms with Gasteiger partial charge in [-0.05, 0) is 68.9 Å². The van der Waals surface area contributed by atoms with Gasteiger partial charge in [0.25, 0.3) is 0 Å². The van der Waals surface area contributed by atoms with Crippen molar-refractivity contribution in [1.29, 1.82) is 0 Å². The standard InChI is InChI=1S/C21H23FN2O.ClH/c22-18-8-9-19-20(23-25-21(19)15-18)7-4-12-24-13-10-17(11-14-24)16-5-2-1-3-6-16;/h1-3,5-6,8-9,15,17H,4,7,10-14H2;1H. The Morgan fingerprint density at radius 1 is 1.08 bits per heavy atom. The van der Waals surface area contributed by atoms with Crippen molar-refractivity contribution in [2.45, 2.75) is 31.6 Å². The number of aryl methyl sites for hydroxylation is 1. The molecule has 138 valence electrons. The molecular weight excluding hydrogens is 351 g/mol. The van der Waals surface area contributed by atoms with Crippen LogP contribution in [0.1, 0.15) is 36.4 Å². The smallest absolute Gasteiger partial charge is 0.170 e. The quantitative estimate of drug-likeness (QED) is 0.614. The molecule has 0 bridgehead atoms. The molecule has 4 rings (SSSR count). The van der Waals surface area contributed by atoms with Gasteiger partial charge in [0, 0.05) is 11.5 Å². The Hall–Kier alpha value is -1.91. The van der Waals surface area contributed by atoms with Gasteiger partial charge in [-0.1, -0.05) is 35.5 Å². The summed E-state index contributed by atoms with van der Waals surface area (Å²) in [4.78, 5) is 2.54. The second kappa shape index (κ2) is 8.65. The van der Waals surface area contributed by atoms with E-state index in [1.807, 2.05) is 0 Å². The van der Waals surface area contributed by atoms with Crippen molar-refractivity contribution in [3.63, 3.8) is 0 Å². The van der Waals surface area contributed by atoms with Crippen LogP contribution in [0.3, 0.4) is 0 Å². The topological polar surface area (TPSA) is 29.3 Å². The van der Waals surface area contributed by atoms with Gasteiger partial charge in [0.05, 0.1) is 5.69 Å². The maximum Gasteiger partial charge on any atom is 0.170 e. The minimum atomic E-state index is -0.281. The minimum Gasteiger partial charge on any atom is -0.356 e. The summed E-state index contributed by atoms with van der Waals surface area (Å²) in [5.41, 5.74) is 2.95. The van der Waals surface area contributed by atoms with Gasteiger partial charge in [-0.25, -0.2) is 4.39 Å². The minimum absolute atomic E-state index is 0. The fourth-order valence-corrected chi connectivity index (χ4v) is 3.83. The van der Waals surface area contributed by atoms with E-state index in [0.29, 0.717) is 11.5 Å². The van der Waals surface area contributed by atoms with E-state index >= 15 is 0 Å². The molecule has 1 aliphatic heterocycles. The fourth-order valence-electron chi connectivity index (χ4n) is 3.83. The Kier molecular flexibility index (Phi) is 6.28.